The first-order chi connectivity index (χ1) is 10.7. The first kappa shape index (κ1) is 13.7. The lowest BCUT2D eigenvalue weighted by Crippen LogP contribution is -2.11. The van der Waals surface area contributed by atoms with Gasteiger partial charge in [0.05, 0.1) is 17.2 Å². The first-order valence-electron chi connectivity index (χ1n) is 6.75. The summed E-state index contributed by atoms with van der Waals surface area (Å²) in [6.07, 6.45) is 1.94. The van der Waals surface area contributed by atoms with E-state index in [1.165, 1.54) is 0 Å². The van der Waals surface area contributed by atoms with E-state index in [9.17, 15) is 4.79 Å². The third-order valence-corrected chi connectivity index (χ3v) is 3.22. The van der Waals surface area contributed by atoms with Crippen molar-refractivity contribution in [3.8, 4) is 17.9 Å². The van der Waals surface area contributed by atoms with Crippen molar-refractivity contribution >= 4 is 17.3 Å². The Bertz CT molecular complexity index is 908. The number of carbonyl (C=O) groups excluding carboxylic acids is 1. The molecule has 0 aliphatic carbocycles. The van der Waals surface area contributed by atoms with Crippen LogP contribution in [-0.4, -0.2) is 16.5 Å². The zero-order chi connectivity index (χ0) is 15.5. The second-order valence-electron chi connectivity index (χ2n) is 4.98. The van der Waals surface area contributed by atoms with Crippen LogP contribution in [0.3, 0.4) is 0 Å². The van der Waals surface area contributed by atoms with E-state index >= 15 is 0 Å². The molecule has 0 saturated heterocycles. The molecule has 0 fully saturated rings. The topological polar surface area (TPSA) is 66.1 Å². The van der Waals surface area contributed by atoms with E-state index < -0.39 is 0 Å². The number of ketones is 1. The second kappa shape index (κ2) is 5.63. The van der Waals surface area contributed by atoms with Crippen molar-refractivity contribution < 1.29 is 4.79 Å². The van der Waals surface area contributed by atoms with Gasteiger partial charge < -0.3 is 0 Å². The number of fused-ring (bicyclic) bond motifs is 1. The fourth-order valence-electron chi connectivity index (χ4n) is 2.18. The van der Waals surface area contributed by atoms with E-state index in [4.69, 9.17) is 5.26 Å². The molecule has 4 nitrogen and oxygen atoms in total. The van der Waals surface area contributed by atoms with Gasteiger partial charge in [-0.25, -0.2) is 9.98 Å². The third-order valence-electron chi connectivity index (χ3n) is 3.22. The highest BCUT2D eigenvalue weighted by atomic mass is 16.1. The molecule has 0 N–H and O–H groups in total. The van der Waals surface area contributed by atoms with Gasteiger partial charge in [-0.2, -0.15) is 5.26 Å². The number of aliphatic imine (C=N–C) groups is 1. The van der Waals surface area contributed by atoms with Crippen molar-refractivity contribution in [1.82, 2.24) is 4.98 Å². The van der Waals surface area contributed by atoms with Gasteiger partial charge in [-0.05, 0) is 31.2 Å². The highest BCUT2D eigenvalue weighted by molar-refractivity contribution is 6.14. The van der Waals surface area contributed by atoms with Crippen LogP contribution in [0.5, 0.6) is 0 Å². The summed E-state index contributed by atoms with van der Waals surface area (Å²) in [5, 5.41) is 8.87. The SMILES string of the molecule is CC1=Nc2ncc(C#Cc3cccc(C#N)c3)cc2C(=O)C1. The number of hydrogen-bond acceptors (Lipinski definition) is 4. The van der Waals surface area contributed by atoms with Crippen LogP contribution in [0.2, 0.25) is 0 Å². The second-order valence-corrected chi connectivity index (χ2v) is 4.98. The minimum Gasteiger partial charge on any atom is -0.294 e. The lowest BCUT2D eigenvalue weighted by molar-refractivity contribution is 0.0999. The van der Waals surface area contributed by atoms with Crippen LogP contribution in [0.25, 0.3) is 0 Å². The quantitative estimate of drug-likeness (QED) is 0.699. The van der Waals surface area contributed by atoms with E-state index in [-0.39, 0.29) is 5.78 Å². The van der Waals surface area contributed by atoms with Gasteiger partial charge in [-0.15, -0.1) is 0 Å². The average Bonchev–Trinajstić information content (AvgIpc) is 2.53. The molecular formula is C18H11N3O. The molecule has 2 aromatic rings. The van der Waals surface area contributed by atoms with Crippen molar-refractivity contribution in [2.45, 2.75) is 13.3 Å². The molecule has 1 aromatic heterocycles. The molecule has 1 aliphatic rings. The average molecular weight is 285 g/mol. The summed E-state index contributed by atoms with van der Waals surface area (Å²) in [7, 11) is 0. The highest BCUT2D eigenvalue weighted by Gasteiger charge is 2.18. The van der Waals surface area contributed by atoms with E-state index in [0.29, 0.717) is 28.9 Å². The van der Waals surface area contributed by atoms with Crippen molar-refractivity contribution in [3.63, 3.8) is 0 Å². The predicted octanol–water partition coefficient (Wildman–Crippen LogP) is 3.03. The molecule has 0 amide bonds. The number of Topliss-reactive ketones (excluding diaryl/α,β-unsaturated/α-hetero) is 1. The number of rotatable bonds is 0. The van der Waals surface area contributed by atoms with Gasteiger partial charge in [0.2, 0.25) is 0 Å². The summed E-state index contributed by atoms with van der Waals surface area (Å²) in [5.74, 6) is 6.43. The Labute approximate surface area is 128 Å². The molecule has 22 heavy (non-hydrogen) atoms. The fourth-order valence-corrected chi connectivity index (χ4v) is 2.18. The highest BCUT2D eigenvalue weighted by Crippen LogP contribution is 2.23. The Morgan fingerprint density at radius 2 is 1.91 bits per heavy atom. The summed E-state index contributed by atoms with van der Waals surface area (Å²) >= 11 is 0. The van der Waals surface area contributed by atoms with E-state index in [2.05, 4.69) is 27.9 Å². The molecule has 4 heteroatoms. The maximum atomic E-state index is 12.0. The van der Waals surface area contributed by atoms with Crippen molar-refractivity contribution in [1.29, 1.82) is 5.26 Å². The molecule has 0 spiro atoms. The van der Waals surface area contributed by atoms with Crippen LogP contribution < -0.4 is 0 Å². The number of carbonyl (C=O) groups is 1. The van der Waals surface area contributed by atoms with Crippen LogP contribution >= 0.6 is 0 Å². The van der Waals surface area contributed by atoms with E-state index in [1.807, 2.05) is 13.0 Å². The molecule has 2 heterocycles. The van der Waals surface area contributed by atoms with Gasteiger partial charge in [0.15, 0.2) is 11.6 Å². The molecule has 104 valence electrons. The van der Waals surface area contributed by atoms with Crippen LogP contribution in [0.15, 0.2) is 41.5 Å². The monoisotopic (exact) mass is 285 g/mol. The fraction of sp³-hybridized carbons (Fsp3) is 0.111. The molecule has 1 aromatic carbocycles. The third kappa shape index (κ3) is 2.77. The van der Waals surface area contributed by atoms with E-state index in [0.717, 1.165) is 11.3 Å². The normalized spacial score (nSPS) is 12.5. The first-order valence-corrected chi connectivity index (χ1v) is 6.75. The lowest BCUT2D eigenvalue weighted by atomic mass is 10.0. The zero-order valence-electron chi connectivity index (χ0n) is 11.9. The number of benzene rings is 1. The Kier molecular flexibility index (Phi) is 3.52. The molecule has 0 radical (unpaired) electrons. The van der Waals surface area contributed by atoms with Crippen molar-refractivity contribution in [3.05, 3.63) is 58.8 Å². The molecule has 0 unspecified atom stereocenters. The van der Waals surface area contributed by atoms with Crippen LogP contribution in [0.4, 0.5) is 5.82 Å². The Hall–Kier alpha value is -3.24. The molecule has 3 rings (SSSR count). The minimum atomic E-state index is 0.0186. The van der Waals surface area contributed by atoms with Crippen LogP contribution in [-0.2, 0) is 0 Å². The van der Waals surface area contributed by atoms with E-state index in [1.54, 1.807) is 30.5 Å². The Balaban J connectivity index is 1.95. The largest absolute Gasteiger partial charge is 0.294 e. The Morgan fingerprint density at radius 3 is 2.73 bits per heavy atom. The summed E-state index contributed by atoms with van der Waals surface area (Å²) in [5.41, 5.74) is 3.26. The van der Waals surface area contributed by atoms with Gasteiger partial charge in [-0.1, -0.05) is 17.9 Å². The molecule has 1 aliphatic heterocycles. The molecule has 0 saturated carbocycles. The summed E-state index contributed by atoms with van der Waals surface area (Å²) in [6.45, 7) is 1.82. The molecule has 0 atom stereocenters. The number of nitriles is 1. The number of pyridine rings is 1. The maximum absolute atomic E-state index is 12.0. The lowest BCUT2D eigenvalue weighted by Gasteiger charge is -2.10. The zero-order valence-corrected chi connectivity index (χ0v) is 11.9. The maximum Gasteiger partial charge on any atom is 0.172 e. The smallest absolute Gasteiger partial charge is 0.172 e. The Morgan fingerprint density at radius 1 is 1.14 bits per heavy atom. The number of nitrogens with zero attached hydrogens (tertiary/aromatic N) is 3. The van der Waals surface area contributed by atoms with Crippen molar-refractivity contribution in [2.75, 3.05) is 0 Å². The number of aromatic nitrogens is 1. The minimum absolute atomic E-state index is 0.0186. The van der Waals surface area contributed by atoms with Gasteiger partial charge in [-0.3, -0.25) is 4.79 Å². The summed E-state index contributed by atoms with van der Waals surface area (Å²) < 4.78 is 0. The number of hydrogen-bond donors (Lipinski definition) is 0. The standard InChI is InChI=1S/C18H11N3O/c1-12-7-17(22)16-9-15(11-20-18(16)21-12)6-5-13-3-2-4-14(8-13)10-19/h2-4,8-9,11H,7H2,1H3. The summed E-state index contributed by atoms with van der Waals surface area (Å²) in [6, 6.07) is 10.9. The van der Waals surface area contributed by atoms with Gasteiger partial charge in [0.1, 0.15) is 0 Å². The summed E-state index contributed by atoms with van der Waals surface area (Å²) in [4.78, 5) is 20.5. The van der Waals surface area contributed by atoms with Crippen molar-refractivity contribution in [2.24, 2.45) is 4.99 Å². The van der Waals surface area contributed by atoms with Gasteiger partial charge >= 0.3 is 0 Å². The van der Waals surface area contributed by atoms with Crippen LogP contribution in [0.1, 0.15) is 40.4 Å². The van der Waals surface area contributed by atoms with Crippen LogP contribution in [0, 0.1) is 23.2 Å². The van der Waals surface area contributed by atoms with Gasteiger partial charge in [0, 0.05) is 29.5 Å². The molecular weight excluding hydrogens is 274 g/mol. The molecule has 0 bridgehead atoms. The predicted molar refractivity (Wildman–Crippen MR) is 83.1 cm³/mol. The van der Waals surface area contributed by atoms with Gasteiger partial charge in [0.25, 0.3) is 0 Å².